The molecule has 0 atom stereocenters. The van der Waals surface area contributed by atoms with Gasteiger partial charge in [0.15, 0.2) is 0 Å². The topological polar surface area (TPSA) is 75.0 Å². The summed E-state index contributed by atoms with van der Waals surface area (Å²) >= 11 is 0. The van der Waals surface area contributed by atoms with E-state index in [9.17, 15) is 9.59 Å². The number of H-pyrrole nitrogens is 2. The highest BCUT2D eigenvalue weighted by molar-refractivity contribution is 5.21. The van der Waals surface area contributed by atoms with Crippen molar-refractivity contribution < 1.29 is 4.74 Å². The zero-order valence-electron chi connectivity index (χ0n) is 8.40. The highest BCUT2D eigenvalue weighted by Crippen LogP contribution is 2.09. The molecule has 0 aliphatic rings. The maximum atomic E-state index is 11.0. The van der Waals surface area contributed by atoms with Crippen LogP contribution in [0.25, 0.3) is 0 Å². The minimum absolute atomic E-state index is 0.204. The Morgan fingerprint density at radius 2 is 1.81 bits per heavy atom. The third kappa shape index (κ3) is 2.38. The molecule has 5 heteroatoms. The zero-order chi connectivity index (χ0) is 11.4. The van der Waals surface area contributed by atoms with Gasteiger partial charge >= 0.3 is 5.56 Å². The van der Waals surface area contributed by atoms with Crippen molar-refractivity contribution in [2.75, 3.05) is 0 Å². The second kappa shape index (κ2) is 4.48. The quantitative estimate of drug-likeness (QED) is 0.742. The first kappa shape index (κ1) is 10.2. The van der Waals surface area contributed by atoms with Crippen molar-refractivity contribution >= 4 is 0 Å². The van der Waals surface area contributed by atoms with Crippen LogP contribution in [0.4, 0.5) is 0 Å². The monoisotopic (exact) mass is 218 g/mol. The van der Waals surface area contributed by atoms with E-state index >= 15 is 0 Å². The van der Waals surface area contributed by atoms with E-state index in [0.717, 1.165) is 0 Å². The van der Waals surface area contributed by atoms with Crippen LogP contribution < -0.4 is 15.7 Å². The summed E-state index contributed by atoms with van der Waals surface area (Å²) in [6.07, 6.45) is 0. The minimum Gasteiger partial charge on any atom is -0.487 e. The summed E-state index contributed by atoms with van der Waals surface area (Å²) < 4.78 is 5.39. The lowest BCUT2D eigenvalue weighted by Gasteiger charge is -2.04. The normalized spacial score (nSPS) is 10.0. The molecule has 16 heavy (non-hydrogen) atoms. The SMILES string of the molecule is O=c1cc(COc2ccccc2)[nH][nH]c1=O. The van der Waals surface area contributed by atoms with E-state index in [-0.39, 0.29) is 6.61 Å². The van der Waals surface area contributed by atoms with E-state index in [4.69, 9.17) is 4.74 Å². The predicted octanol–water partition coefficient (Wildman–Crippen LogP) is 0.642. The molecule has 0 aliphatic heterocycles. The van der Waals surface area contributed by atoms with Crippen molar-refractivity contribution in [3.8, 4) is 5.75 Å². The molecule has 1 aromatic heterocycles. The molecule has 0 aliphatic carbocycles. The predicted molar refractivity (Wildman–Crippen MR) is 58.5 cm³/mol. The zero-order valence-corrected chi connectivity index (χ0v) is 8.40. The number of aromatic amines is 2. The minimum atomic E-state index is -0.663. The fourth-order valence-corrected chi connectivity index (χ4v) is 1.21. The first-order valence-electron chi connectivity index (χ1n) is 4.74. The van der Waals surface area contributed by atoms with E-state index in [1.165, 1.54) is 6.07 Å². The van der Waals surface area contributed by atoms with E-state index in [1.807, 2.05) is 30.3 Å². The van der Waals surface area contributed by atoms with Gasteiger partial charge in [-0.05, 0) is 12.1 Å². The molecule has 0 saturated carbocycles. The van der Waals surface area contributed by atoms with Gasteiger partial charge in [0, 0.05) is 6.07 Å². The summed E-state index contributed by atoms with van der Waals surface area (Å²) in [5, 5.41) is 4.82. The van der Waals surface area contributed by atoms with Gasteiger partial charge in [0.2, 0.25) is 5.43 Å². The van der Waals surface area contributed by atoms with Gasteiger partial charge < -0.3 is 4.74 Å². The van der Waals surface area contributed by atoms with Gasteiger partial charge in [0.05, 0.1) is 5.69 Å². The number of aromatic nitrogens is 2. The maximum absolute atomic E-state index is 11.0. The van der Waals surface area contributed by atoms with Crippen LogP contribution >= 0.6 is 0 Å². The fourth-order valence-electron chi connectivity index (χ4n) is 1.21. The van der Waals surface area contributed by atoms with Gasteiger partial charge in [-0.15, -0.1) is 0 Å². The lowest BCUT2D eigenvalue weighted by molar-refractivity contribution is 0.299. The summed E-state index contributed by atoms with van der Waals surface area (Å²) in [7, 11) is 0. The molecule has 5 nitrogen and oxygen atoms in total. The Labute approximate surface area is 90.7 Å². The van der Waals surface area contributed by atoms with Crippen LogP contribution in [-0.4, -0.2) is 10.2 Å². The smallest absolute Gasteiger partial charge is 0.310 e. The molecule has 1 heterocycles. The molecule has 0 unspecified atom stereocenters. The molecule has 2 rings (SSSR count). The Balaban J connectivity index is 2.08. The van der Waals surface area contributed by atoms with E-state index < -0.39 is 11.0 Å². The van der Waals surface area contributed by atoms with Gasteiger partial charge in [-0.3, -0.25) is 19.8 Å². The van der Waals surface area contributed by atoms with Crippen LogP contribution in [0, 0.1) is 0 Å². The molecule has 0 bridgehead atoms. The van der Waals surface area contributed by atoms with E-state index in [0.29, 0.717) is 11.4 Å². The number of benzene rings is 1. The lowest BCUT2D eigenvalue weighted by atomic mass is 10.3. The van der Waals surface area contributed by atoms with Crippen molar-refractivity contribution in [3.63, 3.8) is 0 Å². The van der Waals surface area contributed by atoms with Crippen LogP contribution in [0.5, 0.6) is 5.75 Å². The second-order valence-corrected chi connectivity index (χ2v) is 3.21. The number of rotatable bonds is 3. The Bertz CT molecular complexity index is 572. The number of nitrogens with one attached hydrogen (secondary N) is 2. The fraction of sp³-hybridized carbons (Fsp3) is 0.0909. The molecular weight excluding hydrogens is 208 g/mol. The van der Waals surface area contributed by atoms with Crippen molar-refractivity contribution in [1.82, 2.24) is 10.2 Å². The highest BCUT2D eigenvalue weighted by atomic mass is 16.5. The number of hydrogen-bond acceptors (Lipinski definition) is 3. The van der Waals surface area contributed by atoms with Gasteiger partial charge in [-0.1, -0.05) is 18.2 Å². The number of para-hydroxylation sites is 1. The van der Waals surface area contributed by atoms with Gasteiger partial charge in [-0.25, -0.2) is 0 Å². The summed E-state index contributed by atoms with van der Waals surface area (Å²) in [4.78, 5) is 21.8. The molecule has 2 aromatic rings. The maximum Gasteiger partial charge on any atom is 0.310 e. The number of ether oxygens (including phenoxy) is 1. The lowest BCUT2D eigenvalue weighted by Crippen LogP contribution is -2.28. The second-order valence-electron chi connectivity index (χ2n) is 3.21. The van der Waals surface area contributed by atoms with Crippen LogP contribution in [0.1, 0.15) is 5.69 Å². The summed E-state index contributed by atoms with van der Waals surface area (Å²) in [6.45, 7) is 0.204. The molecule has 0 saturated heterocycles. The molecule has 0 fully saturated rings. The van der Waals surface area contributed by atoms with Crippen LogP contribution in [0.3, 0.4) is 0 Å². The molecule has 0 amide bonds. The first-order valence-corrected chi connectivity index (χ1v) is 4.74. The average molecular weight is 218 g/mol. The third-order valence-corrected chi connectivity index (χ3v) is 2.00. The molecule has 0 spiro atoms. The van der Waals surface area contributed by atoms with Gasteiger partial charge in [0.25, 0.3) is 0 Å². The highest BCUT2D eigenvalue weighted by Gasteiger charge is 1.98. The summed E-state index contributed by atoms with van der Waals surface area (Å²) in [5.74, 6) is 0.703. The van der Waals surface area contributed by atoms with Crippen molar-refractivity contribution in [2.45, 2.75) is 6.61 Å². The van der Waals surface area contributed by atoms with E-state index in [2.05, 4.69) is 10.2 Å². The Kier molecular flexibility index (Phi) is 2.86. The number of hydrogen-bond donors (Lipinski definition) is 2. The van der Waals surface area contributed by atoms with Gasteiger partial charge in [0.1, 0.15) is 12.4 Å². The van der Waals surface area contributed by atoms with Crippen molar-refractivity contribution in [1.29, 1.82) is 0 Å². The molecule has 82 valence electrons. The Hall–Kier alpha value is -2.30. The van der Waals surface area contributed by atoms with E-state index in [1.54, 1.807) is 0 Å². The Morgan fingerprint density at radius 3 is 2.50 bits per heavy atom. The van der Waals surface area contributed by atoms with Crippen molar-refractivity contribution in [2.24, 2.45) is 0 Å². The molecule has 0 radical (unpaired) electrons. The molecule has 1 aromatic carbocycles. The van der Waals surface area contributed by atoms with Crippen LogP contribution in [-0.2, 0) is 6.61 Å². The largest absolute Gasteiger partial charge is 0.487 e. The molecular formula is C11H10N2O3. The van der Waals surface area contributed by atoms with Crippen LogP contribution in [0.15, 0.2) is 46.0 Å². The molecule has 2 N–H and O–H groups in total. The standard InChI is InChI=1S/C11H10N2O3/c14-10-6-8(12-13-11(10)15)7-16-9-4-2-1-3-5-9/h1-6H,7H2,(H,12,14)(H,13,15). The van der Waals surface area contributed by atoms with Crippen molar-refractivity contribution in [3.05, 3.63) is 62.7 Å². The summed E-state index contributed by atoms with van der Waals surface area (Å²) in [5.41, 5.74) is -0.720. The average Bonchev–Trinajstić information content (AvgIpc) is 2.32. The Morgan fingerprint density at radius 1 is 1.06 bits per heavy atom. The first-order chi connectivity index (χ1) is 7.75. The van der Waals surface area contributed by atoms with Gasteiger partial charge in [-0.2, -0.15) is 0 Å². The van der Waals surface area contributed by atoms with Crippen LogP contribution in [0.2, 0.25) is 0 Å². The summed E-state index contributed by atoms with van der Waals surface area (Å²) in [6, 6.07) is 10.4. The third-order valence-electron chi connectivity index (χ3n) is 2.00.